The molecule has 2 unspecified atom stereocenters. The summed E-state index contributed by atoms with van der Waals surface area (Å²) >= 11 is 3.86. The maximum atomic E-state index is 4.49. The largest absolute Gasteiger partial charge is 0.335 e. The van der Waals surface area contributed by atoms with Crippen LogP contribution in [0.25, 0.3) is 0 Å². The maximum Gasteiger partial charge on any atom is 0.108 e. The first-order valence-electron chi connectivity index (χ1n) is 6.45. The summed E-state index contributed by atoms with van der Waals surface area (Å²) in [6.45, 7) is 3.22. The fraction of sp³-hybridized carbons (Fsp3) is 0.769. The second kappa shape index (κ2) is 5.85. The molecule has 16 heavy (non-hydrogen) atoms. The average molecular weight is 285 g/mol. The van der Waals surface area contributed by atoms with E-state index in [1.165, 1.54) is 37.9 Å². The van der Waals surface area contributed by atoms with Crippen LogP contribution in [0.3, 0.4) is 0 Å². The van der Waals surface area contributed by atoms with E-state index in [1.54, 1.807) is 0 Å². The minimum atomic E-state index is 0.692. The van der Waals surface area contributed by atoms with Crippen LogP contribution in [0.1, 0.15) is 44.9 Å². The fourth-order valence-corrected chi connectivity index (χ4v) is 3.40. The molecule has 0 amide bonds. The van der Waals surface area contributed by atoms with E-state index in [0.717, 1.165) is 18.9 Å². The van der Waals surface area contributed by atoms with Gasteiger partial charge >= 0.3 is 0 Å². The van der Waals surface area contributed by atoms with Crippen LogP contribution in [0.4, 0.5) is 0 Å². The Morgan fingerprint density at radius 2 is 2.19 bits per heavy atom. The van der Waals surface area contributed by atoms with Gasteiger partial charge in [-0.05, 0) is 25.7 Å². The van der Waals surface area contributed by atoms with Crippen LogP contribution in [0.5, 0.6) is 0 Å². The van der Waals surface area contributed by atoms with Gasteiger partial charge in [0.25, 0.3) is 0 Å². The van der Waals surface area contributed by atoms with Gasteiger partial charge in [0.15, 0.2) is 0 Å². The maximum absolute atomic E-state index is 4.49. The number of rotatable bonds is 3. The van der Waals surface area contributed by atoms with Crippen molar-refractivity contribution in [2.45, 2.75) is 56.8 Å². The Morgan fingerprint density at radius 3 is 3.00 bits per heavy atom. The van der Waals surface area contributed by atoms with Crippen molar-refractivity contribution in [2.24, 2.45) is 5.92 Å². The number of aromatic nitrogens is 2. The lowest BCUT2D eigenvalue weighted by Gasteiger charge is -2.19. The molecule has 1 aliphatic rings. The lowest BCUT2D eigenvalue weighted by Crippen LogP contribution is -2.18. The minimum absolute atomic E-state index is 0.692. The van der Waals surface area contributed by atoms with Crippen molar-refractivity contribution < 1.29 is 0 Å². The molecule has 2 rings (SSSR count). The zero-order valence-electron chi connectivity index (χ0n) is 10.0. The van der Waals surface area contributed by atoms with Gasteiger partial charge < -0.3 is 4.57 Å². The Balaban J connectivity index is 2.01. The first-order chi connectivity index (χ1) is 7.81. The number of hydrogen-bond acceptors (Lipinski definition) is 1. The zero-order chi connectivity index (χ0) is 11.4. The summed E-state index contributed by atoms with van der Waals surface area (Å²) in [5.41, 5.74) is 0. The number of aryl methyl sites for hydroxylation is 1. The lowest BCUT2D eigenvalue weighted by atomic mass is 9.96. The highest BCUT2D eigenvalue weighted by molar-refractivity contribution is 9.09. The highest BCUT2D eigenvalue weighted by Crippen LogP contribution is 2.30. The van der Waals surface area contributed by atoms with Crippen LogP contribution >= 0.6 is 15.9 Å². The molecular weight excluding hydrogens is 264 g/mol. The first kappa shape index (κ1) is 12.2. The van der Waals surface area contributed by atoms with Gasteiger partial charge in [-0.15, -0.1) is 0 Å². The van der Waals surface area contributed by atoms with Crippen LogP contribution in [0, 0.1) is 5.92 Å². The molecule has 0 bridgehead atoms. The molecule has 90 valence electrons. The van der Waals surface area contributed by atoms with Crippen molar-refractivity contribution in [3.05, 3.63) is 18.2 Å². The second-order valence-corrected chi connectivity index (χ2v) is 5.92. The highest BCUT2D eigenvalue weighted by atomic mass is 79.9. The molecule has 0 spiro atoms. The number of halogens is 1. The summed E-state index contributed by atoms with van der Waals surface area (Å²) in [5, 5.41) is 0. The minimum Gasteiger partial charge on any atom is -0.335 e. The molecule has 0 aromatic carbocycles. The van der Waals surface area contributed by atoms with E-state index >= 15 is 0 Å². The van der Waals surface area contributed by atoms with E-state index in [2.05, 4.69) is 38.6 Å². The first-order valence-corrected chi connectivity index (χ1v) is 7.37. The van der Waals surface area contributed by atoms with Crippen LogP contribution in [-0.4, -0.2) is 14.4 Å². The molecule has 1 fully saturated rings. The van der Waals surface area contributed by atoms with Gasteiger partial charge in [0.05, 0.1) is 0 Å². The van der Waals surface area contributed by atoms with Gasteiger partial charge in [0.1, 0.15) is 5.82 Å². The standard InChI is InChI=1S/C13H21BrN2/c1-2-16-9-8-15-13(16)10-11-6-4-3-5-7-12(11)14/h8-9,11-12H,2-7,10H2,1H3. The third-order valence-electron chi connectivity index (χ3n) is 3.65. The van der Waals surface area contributed by atoms with E-state index in [0.29, 0.717) is 4.83 Å². The van der Waals surface area contributed by atoms with Crippen molar-refractivity contribution in [1.82, 2.24) is 9.55 Å². The third-order valence-corrected chi connectivity index (χ3v) is 4.86. The van der Waals surface area contributed by atoms with E-state index < -0.39 is 0 Å². The second-order valence-electron chi connectivity index (χ2n) is 4.75. The zero-order valence-corrected chi connectivity index (χ0v) is 11.6. The van der Waals surface area contributed by atoms with Crippen molar-refractivity contribution in [3.63, 3.8) is 0 Å². The number of hydrogen-bond donors (Lipinski definition) is 0. The third kappa shape index (κ3) is 2.88. The van der Waals surface area contributed by atoms with Crippen LogP contribution < -0.4 is 0 Å². The molecule has 0 N–H and O–H groups in total. The monoisotopic (exact) mass is 284 g/mol. The van der Waals surface area contributed by atoms with Gasteiger partial charge in [0, 0.05) is 30.2 Å². The summed E-state index contributed by atoms with van der Waals surface area (Å²) in [7, 11) is 0. The Hall–Kier alpha value is -0.310. The highest BCUT2D eigenvalue weighted by Gasteiger charge is 2.22. The normalized spacial score (nSPS) is 26.6. The SMILES string of the molecule is CCn1ccnc1CC1CCCCCC1Br. The number of alkyl halides is 1. The Bertz CT molecular complexity index is 321. The molecule has 1 aromatic heterocycles. The summed E-state index contributed by atoms with van der Waals surface area (Å²) in [5.74, 6) is 2.04. The van der Waals surface area contributed by atoms with Gasteiger partial charge in [-0.2, -0.15) is 0 Å². The fourth-order valence-electron chi connectivity index (χ4n) is 2.62. The molecule has 2 atom stereocenters. The van der Waals surface area contributed by atoms with Crippen molar-refractivity contribution in [2.75, 3.05) is 0 Å². The smallest absolute Gasteiger partial charge is 0.108 e. The van der Waals surface area contributed by atoms with E-state index in [9.17, 15) is 0 Å². The quantitative estimate of drug-likeness (QED) is 0.610. The molecule has 0 aliphatic heterocycles. The Kier molecular flexibility index (Phi) is 4.45. The Labute approximate surface area is 107 Å². The predicted octanol–water partition coefficient (Wildman–Crippen LogP) is 3.79. The van der Waals surface area contributed by atoms with Gasteiger partial charge in [-0.1, -0.05) is 35.2 Å². The van der Waals surface area contributed by atoms with Crippen molar-refractivity contribution >= 4 is 15.9 Å². The summed E-state index contributed by atoms with van der Waals surface area (Å²) < 4.78 is 2.27. The van der Waals surface area contributed by atoms with Crippen LogP contribution in [0.15, 0.2) is 12.4 Å². The molecule has 2 nitrogen and oxygen atoms in total. The lowest BCUT2D eigenvalue weighted by molar-refractivity contribution is 0.455. The van der Waals surface area contributed by atoms with Crippen LogP contribution in [0.2, 0.25) is 0 Å². The topological polar surface area (TPSA) is 17.8 Å². The molecule has 0 radical (unpaired) electrons. The van der Waals surface area contributed by atoms with E-state index in [1.807, 2.05) is 6.20 Å². The molecule has 1 heterocycles. The molecular formula is C13H21BrN2. The van der Waals surface area contributed by atoms with Gasteiger partial charge in [-0.3, -0.25) is 0 Å². The summed E-state index contributed by atoms with van der Waals surface area (Å²) in [6, 6.07) is 0. The van der Waals surface area contributed by atoms with E-state index in [-0.39, 0.29) is 0 Å². The predicted molar refractivity (Wildman–Crippen MR) is 70.9 cm³/mol. The van der Waals surface area contributed by atoms with Gasteiger partial charge in [-0.25, -0.2) is 4.98 Å². The number of nitrogens with zero attached hydrogens (tertiary/aromatic N) is 2. The molecule has 1 aliphatic carbocycles. The van der Waals surface area contributed by atoms with Gasteiger partial charge in [0.2, 0.25) is 0 Å². The van der Waals surface area contributed by atoms with E-state index in [4.69, 9.17) is 0 Å². The number of imidazole rings is 1. The van der Waals surface area contributed by atoms with Crippen molar-refractivity contribution in [3.8, 4) is 0 Å². The summed E-state index contributed by atoms with van der Waals surface area (Å²) in [4.78, 5) is 5.18. The average Bonchev–Trinajstić information content (AvgIpc) is 2.64. The molecule has 3 heteroatoms. The Morgan fingerprint density at radius 1 is 1.38 bits per heavy atom. The van der Waals surface area contributed by atoms with Crippen LogP contribution in [-0.2, 0) is 13.0 Å². The molecule has 1 aromatic rings. The molecule has 0 saturated heterocycles. The van der Waals surface area contributed by atoms with Crippen molar-refractivity contribution in [1.29, 1.82) is 0 Å². The molecule has 1 saturated carbocycles. The summed E-state index contributed by atoms with van der Waals surface area (Å²) in [6.07, 6.45) is 12.0.